The second-order valence-corrected chi connectivity index (χ2v) is 12.7. The lowest BCUT2D eigenvalue weighted by Gasteiger charge is -2.27. The summed E-state index contributed by atoms with van der Waals surface area (Å²) in [5, 5.41) is 7.34. The van der Waals surface area contributed by atoms with E-state index in [-0.39, 0.29) is 5.41 Å². The normalized spacial score (nSPS) is 13.5. The van der Waals surface area contributed by atoms with E-state index in [2.05, 4.69) is 153 Å². The SMILES string of the molecule is Cc1ccccc1N(c1ccc2cc3c(cc2c1)C(C)(C)c1cc2ccccc2cc1-3)c1cccc2c1oc1ccccc12. The van der Waals surface area contributed by atoms with Crippen LogP contribution in [0.25, 0.3) is 54.6 Å². The summed E-state index contributed by atoms with van der Waals surface area (Å²) in [6.07, 6.45) is 0. The second kappa shape index (κ2) is 9.08. The van der Waals surface area contributed by atoms with Gasteiger partial charge in [0.2, 0.25) is 0 Å². The molecule has 2 heteroatoms. The van der Waals surface area contributed by atoms with Gasteiger partial charge in [0.15, 0.2) is 5.58 Å². The summed E-state index contributed by atoms with van der Waals surface area (Å²) >= 11 is 0. The van der Waals surface area contributed by atoms with Gasteiger partial charge in [0, 0.05) is 27.6 Å². The molecular weight excluding hydrogens is 534 g/mol. The molecule has 0 saturated carbocycles. The van der Waals surface area contributed by atoms with Crippen LogP contribution in [0.5, 0.6) is 0 Å². The highest BCUT2D eigenvalue weighted by atomic mass is 16.3. The lowest BCUT2D eigenvalue weighted by molar-refractivity contribution is 0.662. The minimum Gasteiger partial charge on any atom is -0.454 e. The fourth-order valence-electron chi connectivity index (χ4n) is 7.42. The summed E-state index contributed by atoms with van der Waals surface area (Å²) in [5.41, 5.74) is 11.7. The molecule has 1 aliphatic carbocycles. The molecule has 0 spiro atoms. The molecule has 0 unspecified atom stereocenters. The highest BCUT2D eigenvalue weighted by Gasteiger charge is 2.36. The van der Waals surface area contributed by atoms with Crippen molar-refractivity contribution in [2.75, 3.05) is 4.90 Å². The fraction of sp³-hybridized carbons (Fsp3) is 0.0952. The third kappa shape index (κ3) is 3.55. The lowest BCUT2D eigenvalue weighted by Crippen LogP contribution is -2.15. The molecule has 0 radical (unpaired) electrons. The van der Waals surface area contributed by atoms with Crippen molar-refractivity contribution in [2.45, 2.75) is 26.2 Å². The van der Waals surface area contributed by atoms with Gasteiger partial charge in [-0.3, -0.25) is 0 Å². The van der Waals surface area contributed by atoms with Gasteiger partial charge < -0.3 is 9.32 Å². The second-order valence-electron chi connectivity index (χ2n) is 12.7. The summed E-state index contributed by atoms with van der Waals surface area (Å²) in [7, 11) is 0. The van der Waals surface area contributed by atoms with Gasteiger partial charge in [0.1, 0.15) is 5.58 Å². The monoisotopic (exact) mass is 565 g/mol. The van der Waals surface area contributed by atoms with Crippen LogP contribution in [-0.4, -0.2) is 0 Å². The smallest absolute Gasteiger partial charge is 0.159 e. The summed E-state index contributed by atoms with van der Waals surface area (Å²) in [6, 6.07) is 48.6. The summed E-state index contributed by atoms with van der Waals surface area (Å²) < 4.78 is 6.55. The Morgan fingerprint density at radius 1 is 0.523 bits per heavy atom. The Morgan fingerprint density at radius 2 is 1.14 bits per heavy atom. The molecule has 0 amide bonds. The van der Waals surface area contributed by atoms with Crippen molar-refractivity contribution in [1.82, 2.24) is 0 Å². The quantitative estimate of drug-likeness (QED) is 0.212. The van der Waals surface area contributed by atoms with Crippen molar-refractivity contribution in [3.05, 3.63) is 150 Å². The van der Waals surface area contributed by atoms with E-state index in [1.54, 1.807) is 0 Å². The average molecular weight is 566 g/mol. The molecule has 1 aliphatic rings. The molecule has 0 saturated heterocycles. The minimum absolute atomic E-state index is 0.0888. The van der Waals surface area contributed by atoms with E-state index in [0.717, 1.165) is 39.0 Å². The summed E-state index contributed by atoms with van der Waals surface area (Å²) in [6.45, 7) is 6.91. The van der Waals surface area contributed by atoms with E-state index in [0.29, 0.717) is 0 Å². The van der Waals surface area contributed by atoms with Crippen molar-refractivity contribution in [3.63, 3.8) is 0 Å². The number of anilines is 3. The van der Waals surface area contributed by atoms with Crippen LogP contribution in [0.4, 0.5) is 17.1 Å². The number of hydrogen-bond donors (Lipinski definition) is 0. The van der Waals surface area contributed by atoms with Gasteiger partial charge in [-0.2, -0.15) is 0 Å². The molecule has 7 aromatic carbocycles. The predicted octanol–water partition coefficient (Wildman–Crippen LogP) is 12.0. The predicted molar refractivity (Wildman–Crippen MR) is 186 cm³/mol. The standard InChI is InChI=1S/C42H31NO/c1-26-11-4-8-16-38(26)43(39-17-10-15-33-32-14-7-9-18-40(32)44-41(33)39)31-20-19-29-23-35-34-22-27-12-5-6-13-28(27)24-36(34)42(2,3)37(35)25-30(29)21-31/h4-25H,1-3H3. The van der Waals surface area contributed by atoms with Crippen LogP contribution in [0.15, 0.2) is 138 Å². The van der Waals surface area contributed by atoms with Crippen molar-refractivity contribution in [1.29, 1.82) is 0 Å². The average Bonchev–Trinajstić information content (AvgIpc) is 3.53. The number of rotatable bonds is 3. The number of furan rings is 1. The first-order valence-corrected chi connectivity index (χ1v) is 15.4. The first-order chi connectivity index (χ1) is 21.5. The molecule has 8 aromatic rings. The Bertz CT molecular complexity index is 2440. The van der Waals surface area contributed by atoms with Gasteiger partial charge in [0.05, 0.1) is 5.69 Å². The van der Waals surface area contributed by atoms with Gasteiger partial charge >= 0.3 is 0 Å². The number of nitrogens with zero attached hydrogens (tertiary/aromatic N) is 1. The summed E-state index contributed by atoms with van der Waals surface area (Å²) in [5.74, 6) is 0. The van der Waals surface area contributed by atoms with E-state index < -0.39 is 0 Å². The molecule has 9 rings (SSSR count). The third-order valence-corrected chi connectivity index (χ3v) is 9.72. The van der Waals surface area contributed by atoms with Gasteiger partial charge in [-0.15, -0.1) is 0 Å². The van der Waals surface area contributed by atoms with Gasteiger partial charge in [-0.05, 0) is 111 Å². The van der Waals surface area contributed by atoms with E-state index in [1.165, 1.54) is 49.4 Å². The van der Waals surface area contributed by atoms with Crippen LogP contribution in [0.2, 0.25) is 0 Å². The molecular formula is C42H31NO. The highest BCUT2D eigenvalue weighted by molar-refractivity contribution is 6.10. The maximum atomic E-state index is 6.55. The summed E-state index contributed by atoms with van der Waals surface area (Å²) in [4.78, 5) is 2.36. The lowest BCUT2D eigenvalue weighted by atomic mass is 9.81. The van der Waals surface area contributed by atoms with E-state index in [4.69, 9.17) is 4.42 Å². The zero-order chi connectivity index (χ0) is 29.6. The minimum atomic E-state index is -0.0888. The Kier molecular flexibility index (Phi) is 5.20. The first kappa shape index (κ1) is 25.2. The molecule has 0 bridgehead atoms. The number of benzene rings is 7. The van der Waals surface area contributed by atoms with Crippen molar-refractivity contribution >= 4 is 60.5 Å². The molecule has 44 heavy (non-hydrogen) atoms. The molecule has 0 aliphatic heterocycles. The van der Waals surface area contributed by atoms with Crippen molar-refractivity contribution in [3.8, 4) is 11.1 Å². The van der Waals surface area contributed by atoms with Crippen LogP contribution in [-0.2, 0) is 5.41 Å². The number of fused-ring (bicyclic) bond motifs is 8. The topological polar surface area (TPSA) is 16.4 Å². The molecule has 0 atom stereocenters. The van der Waals surface area contributed by atoms with Gasteiger partial charge in [-0.1, -0.05) is 92.7 Å². The van der Waals surface area contributed by atoms with Crippen LogP contribution in [0.1, 0.15) is 30.5 Å². The number of aryl methyl sites for hydroxylation is 1. The van der Waals surface area contributed by atoms with Crippen LogP contribution < -0.4 is 4.90 Å². The Hall–Kier alpha value is -5.34. The largest absolute Gasteiger partial charge is 0.454 e. The maximum absolute atomic E-state index is 6.55. The first-order valence-electron chi connectivity index (χ1n) is 15.4. The van der Waals surface area contributed by atoms with Gasteiger partial charge in [-0.25, -0.2) is 0 Å². The Labute approximate surface area is 256 Å². The Balaban J connectivity index is 1.27. The van der Waals surface area contributed by atoms with Crippen molar-refractivity contribution < 1.29 is 4.42 Å². The number of para-hydroxylation sites is 3. The van der Waals surface area contributed by atoms with Crippen LogP contribution in [0, 0.1) is 6.92 Å². The molecule has 210 valence electrons. The molecule has 1 aromatic heterocycles. The molecule has 1 heterocycles. The number of hydrogen-bond acceptors (Lipinski definition) is 2. The van der Waals surface area contributed by atoms with E-state index in [9.17, 15) is 0 Å². The van der Waals surface area contributed by atoms with Crippen LogP contribution >= 0.6 is 0 Å². The fourth-order valence-corrected chi connectivity index (χ4v) is 7.42. The van der Waals surface area contributed by atoms with E-state index in [1.807, 2.05) is 6.07 Å². The zero-order valence-electron chi connectivity index (χ0n) is 25.1. The molecule has 0 fully saturated rings. The van der Waals surface area contributed by atoms with Gasteiger partial charge in [0.25, 0.3) is 0 Å². The van der Waals surface area contributed by atoms with Crippen molar-refractivity contribution in [2.24, 2.45) is 0 Å². The van der Waals surface area contributed by atoms with Crippen LogP contribution in [0.3, 0.4) is 0 Å². The third-order valence-electron chi connectivity index (χ3n) is 9.72. The highest BCUT2D eigenvalue weighted by Crippen LogP contribution is 2.51. The molecule has 0 N–H and O–H groups in total. The maximum Gasteiger partial charge on any atom is 0.159 e. The van der Waals surface area contributed by atoms with E-state index >= 15 is 0 Å². The zero-order valence-corrected chi connectivity index (χ0v) is 25.1. The Morgan fingerprint density at radius 3 is 1.93 bits per heavy atom. The molecule has 2 nitrogen and oxygen atoms in total.